The zero-order valence-corrected chi connectivity index (χ0v) is 23.6. The van der Waals surface area contributed by atoms with Crippen LogP contribution in [-0.2, 0) is 32.2 Å². The van der Waals surface area contributed by atoms with Gasteiger partial charge in [-0.2, -0.15) is 17.5 Å². The Morgan fingerprint density at radius 1 is 1.07 bits per heavy atom. The molecule has 0 saturated carbocycles. The number of rotatable bonds is 4. The number of benzene rings is 3. The second kappa shape index (κ2) is 10.2. The summed E-state index contributed by atoms with van der Waals surface area (Å²) in [5.41, 5.74) is -1.08. The molecule has 1 aliphatic heterocycles. The van der Waals surface area contributed by atoms with E-state index in [2.05, 4.69) is 15.9 Å². The number of hydrogen-bond acceptors (Lipinski definition) is 5. The Morgan fingerprint density at radius 3 is 2.45 bits per heavy atom. The summed E-state index contributed by atoms with van der Waals surface area (Å²) in [4.78, 5) is 26.5. The number of methoxy groups -OCH3 is 1. The smallest absolute Gasteiger partial charge is 0.416 e. The first-order chi connectivity index (χ1) is 18.9. The highest BCUT2D eigenvalue weighted by atomic mass is 79.9. The molecule has 4 aromatic rings. The molecule has 3 aromatic carbocycles. The number of halogens is 4. The molecule has 7 nitrogen and oxygen atoms in total. The van der Waals surface area contributed by atoms with Gasteiger partial charge in [0.05, 0.1) is 17.1 Å². The first kappa shape index (κ1) is 28.1. The van der Waals surface area contributed by atoms with Crippen molar-refractivity contribution in [2.75, 3.05) is 20.7 Å². The van der Waals surface area contributed by atoms with Gasteiger partial charge in [0.25, 0.3) is 15.6 Å². The number of aromatic nitrogens is 1. The van der Waals surface area contributed by atoms with Crippen LogP contribution in [0, 0.1) is 0 Å². The van der Waals surface area contributed by atoms with Gasteiger partial charge in [0, 0.05) is 25.6 Å². The summed E-state index contributed by atoms with van der Waals surface area (Å²) in [6.45, 7) is -0.390. The van der Waals surface area contributed by atoms with E-state index < -0.39 is 44.4 Å². The number of alkyl halides is 3. The second-order valence-electron chi connectivity index (χ2n) is 9.37. The van der Waals surface area contributed by atoms with Crippen molar-refractivity contribution in [3.63, 3.8) is 0 Å². The zero-order valence-electron chi connectivity index (χ0n) is 21.2. The van der Waals surface area contributed by atoms with E-state index in [1.807, 2.05) is 30.3 Å². The topological polar surface area (TPSA) is 85.7 Å². The molecule has 0 aliphatic carbocycles. The fourth-order valence-corrected chi connectivity index (χ4v) is 7.18. The molecule has 208 valence electrons. The maximum atomic E-state index is 13.8. The van der Waals surface area contributed by atoms with Gasteiger partial charge >= 0.3 is 12.1 Å². The van der Waals surface area contributed by atoms with Crippen molar-refractivity contribution in [3.05, 3.63) is 98.2 Å². The normalized spacial score (nSPS) is 17.0. The van der Waals surface area contributed by atoms with Crippen LogP contribution in [0.25, 0.3) is 21.9 Å². The van der Waals surface area contributed by atoms with Gasteiger partial charge in [-0.3, -0.25) is 9.36 Å². The molecule has 40 heavy (non-hydrogen) atoms. The van der Waals surface area contributed by atoms with Crippen molar-refractivity contribution >= 4 is 42.7 Å². The predicted octanol–water partition coefficient (Wildman–Crippen LogP) is 5.39. The molecular formula is C28H22BrF3N2O5S. The van der Waals surface area contributed by atoms with Crippen LogP contribution >= 0.6 is 15.9 Å². The molecule has 0 bridgehead atoms. The van der Waals surface area contributed by atoms with Crippen LogP contribution in [0.3, 0.4) is 0 Å². The van der Waals surface area contributed by atoms with E-state index >= 15 is 0 Å². The number of carbonyl (C=O) groups excluding carboxylic acids is 1. The highest BCUT2D eigenvalue weighted by Gasteiger charge is 2.43. The van der Waals surface area contributed by atoms with Gasteiger partial charge in [-0.05, 0) is 55.5 Å². The van der Waals surface area contributed by atoms with E-state index in [0.29, 0.717) is 0 Å². The molecule has 0 N–H and O–H groups in total. The van der Waals surface area contributed by atoms with E-state index in [-0.39, 0.29) is 34.1 Å². The van der Waals surface area contributed by atoms with Gasteiger partial charge in [-0.25, -0.2) is 13.2 Å². The standard InChI is InChI=1S/C28H22BrF3N2O5S/c1-33-15-22(27(36)39-2)34-25(35)24(29)21(14-17-9-5-8-16-7-3-4-12-20(16)17)23(26(34)40(33,37)38)18-10-6-11-19(13-18)28(30,31)32/h3-13,22H,14-15H2,1-2H3. The Labute approximate surface area is 236 Å². The Balaban J connectivity index is 1.92. The molecule has 0 saturated heterocycles. The average molecular weight is 635 g/mol. The molecule has 1 atom stereocenters. The highest BCUT2D eigenvalue weighted by molar-refractivity contribution is 9.10. The Bertz CT molecular complexity index is 1830. The minimum atomic E-state index is -4.71. The van der Waals surface area contributed by atoms with Gasteiger partial charge < -0.3 is 4.74 Å². The summed E-state index contributed by atoms with van der Waals surface area (Å²) in [6.07, 6.45) is -4.70. The summed E-state index contributed by atoms with van der Waals surface area (Å²) in [5.74, 6) is -0.867. The van der Waals surface area contributed by atoms with Gasteiger partial charge in [0.15, 0.2) is 5.03 Å². The van der Waals surface area contributed by atoms with Gasteiger partial charge in [-0.1, -0.05) is 54.6 Å². The fourth-order valence-electron chi connectivity index (χ4n) is 5.06. The molecule has 0 fully saturated rings. The van der Waals surface area contributed by atoms with Crippen molar-refractivity contribution < 1.29 is 31.1 Å². The monoisotopic (exact) mass is 634 g/mol. The summed E-state index contributed by atoms with van der Waals surface area (Å²) < 4.78 is 75.4. The maximum absolute atomic E-state index is 13.8. The largest absolute Gasteiger partial charge is 0.467 e. The molecule has 1 aliphatic rings. The van der Waals surface area contributed by atoms with E-state index in [0.717, 1.165) is 44.5 Å². The van der Waals surface area contributed by atoms with Crippen LogP contribution in [0.5, 0.6) is 0 Å². The summed E-state index contributed by atoms with van der Waals surface area (Å²) in [5, 5.41) is 1.15. The van der Waals surface area contributed by atoms with Crippen LogP contribution in [0.4, 0.5) is 13.2 Å². The Hall–Kier alpha value is -3.48. The first-order valence-corrected chi connectivity index (χ1v) is 14.2. The van der Waals surface area contributed by atoms with Crippen LogP contribution in [0.15, 0.2) is 81.0 Å². The number of esters is 1. The SMILES string of the molecule is COC(=O)C1CN(C)S(=O)(=O)c2c(-c3cccc(C(F)(F)F)c3)c(Cc3cccc4ccccc34)c(Br)c(=O)n21. The molecule has 5 rings (SSSR count). The number of nitrogens with zero attached hydrogens (tertiary/aromatic N) is 2. The molecular weight excluding hydrogens is 613 g/mol. The lowest BCUT2D eigenvalue weighted by Gasteiger charge is -2.34. The summed E-state index contributed by atoms with van der Waals surface area (Å²) >= 11 is 3.32. The molecule has 1 unspecified atom stereocenters. The molecule has 1 aromatic heterocycles. The van der Waals surface area contributed by atoms with E-state index in [1.165, 1.54) is 19.2 Å². The van der Waals surface area contributed by atoms with Crippen LogP contribution < -0.4 is 5.56 Å². The second-order valence-corrected chi connectivity index (χ2v) is 12.1. The number of pyridine rings is 1. The van der Waals surface area contributed by atoms with E-state index in [1.54, 1.807) is 12.1 Å². The first-order valence-electron chi connectivity index (χ1n) is 12.0. The Morgan fingerprint density at radius 2 is 1.75 bits per heavy atom. The zero-order chi connectivity index (χ0) is 29.0. The van der Waals surface area contributed by atoms with Gasteiger partial charge in [0.2, 0.25) is 0 Å². The number of ether oxygens (including phenoxy) is 1. The van der Waals surface area contributed by atoms with Crippen molar-refractivity contribution in [2.45, 2.75) is 23.7 Å². The quantitative estimate of drug-likeness (QED) is 0.281. The summed E-state index contributed by atoms with van der Waals surface area (Å²) in [7, 11) is -2.09. The summed E-state index contributed by atoms with van der Waals surface area (Å²) in [6, 6.07) is 15.8. The van der Waals surface area contributed by atoms with Crippen LogP contribution in [-0.4, -0.2) is 44.0 Å². The lowest BCUT2D eigenvalue weighted by molar-refractivity contribution is -0.145. The fraction of sp³-hybridized carbons (Fsp3) is 0.214. The van der Waals surface area contributed by atoms with E-state index in [9.17, 15) is 31.2 Å². The molecule has 12 heteroatoms. The highest BCUT2D eigenvalue weighted by Crippen LogP contribution is 2.42. The Kier molecular flexibility index (Phi) is 7.13. The van der Waals surface area contributed by atoms with E-state index in [4.69, 9.17) is 4.74 Å². The predicted molar refractivity (Wildman–Crippen MR) is 146 cm³/mol. The molecule has 0 spiro atoms. The van der Waals surface area contributed by atoms with Crippen LogP contribution in [0.2, 0.25) is 0 Å². The number of hydrogen-bond donors (Lipinski definition) is 0. The molecule has 2 heterocycles. The van der Waals surface area contributed by atoms with Gasteiger partial charge in [0.1, 0.15) is 6.04 Å². The third kappa shape index (κ3) is 4.63. The third-order valence-corrected chi connectivity index (χ3v) is 9.68. The minimum absolute atomic E-state index is 0.0126. The average Bonchev–Trinajstić information content (AvgIpc) is 2.93. The molecule has 0 radical (unpaired) electrons. The van der Waals surface area contributed by atoms with Crippen LogP contribution in [0.1, 0.15) is 22.7 Å². The lowest BCUT2D eigenvalue weighted by atomic mass is 9.93. The number of fused-ring (bicyclic) bond motifs is 2. The lowest BCUT2D eigenvalue weighted by Crippen LogP contribution is -2.48. The van der Waals surface area contributed by atoms with Crippen molar-refractivity contribution in [2.24, 2.45) is 0 Å². The van der Waals surface area contributed by atoms with Crippen molar-refractivity contribution in [1.29, 1.82) is 0 Å². The van der Waals surface area contributed by atoms with Gasteiger partial charge in [-0.15, -0.1) is 0 Å². The van der Waals surface area contributed by atoms with Crippen molar-refractivity contribution in [3.8, 4) is 11.1 Å². The number of sulfonamides is 1. The third-order valence-electron chi connectivity index (χ3n) is 7.00. The number of carbonyl (C=O) groups is 1. The minimum Gasteiger partial charge on any atom is -0.467 e. The van der Waals surface area contributed by atoms with Crippen molar-refractivity contribution in [1.82, 2.24) is 8.87 Å². The molecule has 0 amide bonds. The maximum Gasteiger partial charge on any atom is 0.416 e. The number of likely N-dealkylation sites (N-methyl/N-ethyl adjacent to an activating group) is 1.